The zero-order valence-electron chi connectivity index (χ0n) is 15.8. The van der Waals surface area contributed by atoms with E-state index in [1.165, 1.54) is 24.1 Å². The summed E-state index contributed by atoms with van der Waals surface area (Å²) >= 11 is 0. The molecule has 2 aromatic heterocycles. The molecule has 4 rings (SSSR count). The fourth-order valence-electron chi connectivity index (χ4n) is 3.68. The number of carbonyl (C=O) groups excluding carboxylic acids is 1. The molecule has 3 heterocycles. The standard InChI is InChI=1S/C20H27N5O2/c1-15(24-10-12-27-13-11-24)20(26)22-8-9-25-19(17-2-3-17)18(14-23-25)16-4-6-21-7-5-16/h4-7,14-15,17H,2-3,8-13H2,1H3,(H,22,26)/t15-/m0/s1. The van der Waals surface area contributed by atoms with Gasteiger partial charge in [-0.05, 0) is 37.5 Å². The summed E-state index contributed by atoms with van der Waals surface area (Å²) in [5.74, 6) is 0.657. The average Bonchev–Trinajstić information content (AvgIpc) is 3.48. The summed E-state index contributed by atoms with van der Waals surface area (Å²) in [4.78, 5) is 18.7. The molecule has 0 spiro atoms. The van der Waals surface area contributed by atoms with Gasteiger partial charge in [0.15, 0.2) is 0 Å². The Hall–Kier alpha value is -2.25. The van der Waals surface area contributed by atoms with Crippen LogP contribution in [0.4, 0.5) is 0 Å². The van der Waals surface area contributed by atoms with Crippen molar-refractivity contribution >= 4 is 5.91 Å². The molecular formula is C20H27N5O2. The number of rotatable bonds is 7. The topological polar surface area (TPSA) is 72.3 Å². The Morgan fingerprint density at radius 3 is 2.74 bits per heavy atom. The molecule has 2 aromatic rings. The number of nitrogens with zero attached hydrogens (tertiary/aromatic N) is 4. The number of pyridine rings is 1. The molecule has 1 amide bonds. The number of ether oxygens (including phenoxy) is 1. The highest BCUT2D eigenvalue weighted by Gasteiger charge is 2.30. The molecule has 1 N–H and O–H groups in total. The van der Waals surface area contributed by atoms with Crippen LogP contribution >= 0.6 is 0 Å². The van der Waals surface area contributed by atoms with Gasteiger partial charge >= 0.3 is 0 Å². The molecule has 0 bridgehead atoms. The molecule has 1 saturated heterocycles. The molecule has 0 unspecified atom stereocenters. The molecule has 1 atom stereocenters. The Balaban J connectivity index is 1.37. The van der Waals surface area contributed by atoms with Crippen molar-refractivity contribution in [3.8, 4) is 11.1 Å². The Labute approximate surface area is 159 Å². The van der Waals surface area contributed by atoms with Gasteiger partial charge in [-0.3, -0.25) is 19.4 Å². The molecule has 7 heteroatoms. The van der Waals surface area contributed by atoms with Crippen LogP contribution in [0.2, 0.25) is 0 Å². The van der Waals surface area contributed by atoms with E-state index in [0.717, 1.165) is 18.7 Å². The second kappa shape index (κ2) is 8.19. The van der Waals surface area contributed by atoms with Crippen molar-refractivity contribution in [3.05, 3.63) is 36.4 Å². The minimum Gasteiger partial charge on any atom is -0.379 e. The second-order valence-corrected chi connectivity index (χ2v) is 7.29. The maximum absolute atomic E-state index is 12.5. The summed E-state index contributed by atoms with van der Waals surface area (Å²) in [6.07, 6.45) is 8.00. The van der Waals surface area contributed by atoms with Gasteiger partial charge in [-0.1, -0.05) is 0 Å². The summed E-state index contributed by atoms with van der Waals surface area (Å²) in [7, 11) is 0. The SMILES string of the molecule is C[C@@H](C(=O)NCCn1ncc(-c2ccncc2)c1C1CC1)N1CCOCC1. The predicted octanol–water partition coefficient (Wildman–Crippen LogP) is 1.66. The van der Waals surface area contributed by atoms with E-state index in [-0.39, 0.29) is 11.9 Å². The van der Waals surface area contributed by atoms with Gasteiger partial charge in [0.2, 0.25) is 5.91 Å². The summed E-state index contributed by atoms with van der Waals surface area (Å²) in [6.45, 7) is 6.28. The quantitative estimate of drug-likeness (QED) is 0.804. The van der Waals surface area contributed by atoms with Crippen LogP contribution in [-0.4, -0.2) is 64.5 Å². The first-order valence-corrected chi connectivity index (χ1v) is 9.79. The van der Waals surface area contributed by atoms with Gasteiger partial charge < -0.3 is 10.1 Å². The highest BCUT2D eigenvalue weighted by atomic mass is 16.5. The first-order chi connectivity index (χ1) is 13.2. The van der Waals surface area contributed by atoms with Gasteiger partial charge in [-0.2, -0.15) is 5.10 Å². The lowest BCUT2D eigenvalue weighted by Gasteiger charge is -2.31. The van der Waals surface area contributed by atoms with Gasteiger partial charge in [0.1, 0.15) is 0 Å². The van der Waals surface area contributed by atoms with Gasteiger partial charge in [0.05, 0.1) is 32.0 Å². The third-order valence-electron chi connectivity index (χ3n) is 5.43. The van der Waals surface area contributed by atoms with Crippen LogP contribution in [0.5, 0.6) is 0 Å². The zero-order chi connectivity index (χ0) is 18.6. The van der Waals surface area contributed by atoms with E-state index in [1.807, 2.05) is 37.6 Å². The second-order valence-electron chi connectivity index (χ2n) is 7.29. The Morgan fingerprint density at radius 1 is 1.30 bits per heavy atom. The van der Waals surface area contributed by atoms with Crippen LogP contribution in [0.25, 0.3) is 11.1 Å². The van der Waals surface area contributed by atoms with E-state index in [4.69, 9.17) is 4.74 Å². The molecule has 1 aliphatic heterocycles. The third kappa shape index (κ3) is 4.20. The number of hydrogen-bond acceptors (Lipinski definition) is 5. The van der Waals surface area contributed by atoms with Crippen molar-refractivity contribution in [3.63, 3.8) is 0 Å². The minimum atomic E-state index is -0.123. The first-order valence-electron chi connectivity index (χ1n) is 9.79. The highest BCUT2D eigenvalue weighted by molar-refractivity contribution is 5.81. The maximum Gasteiger partial charge on any atom is 0.237 e. The van der Waals surface area contributed by atoms with E-state index in [0.29, 0.717) is 32.2 Å². The number of carbonyl (C=O) groups is 1. The van der Waals surface area contributed by atoms with Crippen LogP contribution in [0.15, 0.2) is 30.7 Å². The molecule has 0 radical (unpaired) electrons. The Kier molecular flexibility index (Phi) is 5.50. The molecule has 144 valence electrons. The van der Waals surface area contributed by atoms with Crippen LogP contribution in [0, 0.1) is 0 Å². The minimum absolute atomic E-state index is 0.0754. The largest absolute Gasteiger partial charge is 0.379 e. The highest BCUT2D eigenvalue weighted by Crippen LogP contribution is 2.44. The van der Waals surface area contributed by atoms with Gasteiger partial charge in [-0.25, -0.2) is 0 Å². The lowest BCUT2D eigenvalue weighted by atomic mass is 10.1. The molecule has 0 aromatic carbocycles. The molecule has 2 fully saturated rings. The van der Waals surface area contributed by atoms with Crippen molar-refractivity contribution in [1.29, 1.82) is 0 Å². The van der Waals surface area contributed by atoms with E-state index in [1.54, 1.807) is 0 Å². The van der Waals surface area contributed by atoms with Gasteiger partial charge in [0, 0.05) is 49.2 Å². The number of nitrogens with one attached hydrogen (secondary N) is 1. The fourth-order valence-corrected chi connectivity index (χ4v) is 3.68. The van der Waals surface area contributed by atoms with Crippen molar-refractivity contribution in [2.75, 3.05) is 32.8 Å². The third-order valence-corrected chi connectivity index (χ3v) is 5.43. The van der Waals surface area contributed by atoms with Crippen LogP contribution in [0.3, 0.4) is 0 Å². The lowest BCUT2D eigenvalue weighted by molar-refractivity contribution is -0.127. The summed E-state index contributed by atoms with van der Waals surface area (Å²) in [6, 6.07) is 3.93. The Bertz CT molecular complexity index is 766. The van der Waals surface area contributed by atoms with E-state index in [9.17, 15) is 4.79 Å². The molecular weight excluding hydrogens is 342 g/mol. The number of aromatic nitrogens is 3. The molecule has 1 aliphatic carbocycles. The van der Waals surface area contributed by atoms with E-state index < -0.39 is 0 Å². The first kappa shape index (κ1) is 18.1. The van der Waals surface area contributed by atoms with Crippen molar-refractivity contribution < 1.29 is 9.53 Å². The predicted molar refractivity (Wildman–Crippen MR) is 102 cm³/mol. The molecule has 1 saturated carbocycles. The zero-order valence-corrected chi connectivity index (χ0v) is 15.8. The van der Waals surface area contributed by atoms with Gasteiger partial charge in [-0.15, -0.1) is 0 Å². The Morgan fingerprint density at radius 2 is 2.04 bits per heavy atom. The number of morpholine rings is 1. The van der Waals surface area contributed by atoms with Gasteiger partial charge in [0.25, 0.3) is 0 Å². The smallest absolute Gasteiger partial charge is 0.237 e. The van der Waals surface area contributed by atoms with E-state index >= 15 is 0 Å². The summed E-state index contributed by atoms with van der Waals surface area (Å²) in [5.41, 5.74) is 3.63. The number of hydrogen-bond donors (Lipinski definition) is 1. The normalized spacial score (nSPS) is 19.0. The molecule has 2 aliphatic rings. The van der Waals surface area contributed by atoms with Crippen LogP contribution < -0.4 is 5.32 Å². The molecule has 27 heavy (non-hydrogen) atoms. The van der Waals surface area contributed by atoms with E-state index in [2.05, 4.69) is 25.0 Å². The lowest BCUT2D eigenvalue weighted by Crippen LogP contribution is -2.50. The van der Waals surface area contributed by atoms with Crippen LogP contribution in [-0.2, 0) is 16.1 Å². The monoisotopic (exact) mass is 369 g/mol. The molecule has 7 nitrogen and oxygen atoms in total. The number of amides is 1. The van der Waals surface area contributed by atoms with Crippen LogP contribution in [0.1, 0.15) is 31.4 Å². The summed E-state index contributed by atoms with van der Waals surface area (Å²) in [5, 5.41) is 7.67. The maximum atomic E-state index is 12.5. The van der Waals surface area contributed by atoms with Crippen molar-refractivity contribution in [1.82, 2.24) is 25.0 Å². The van der Waals surface area contributed by atoms with Crippen molar-refractivity contribution in [2.45, 2.75) is 38.3 Å². The summed E-state index contributed by atoms with van der Waals surface area (Å²) < 4.78 is 7.42. The average molecular weight is 369 g/mol. The fraction of sp³-hybridized carbons (Fsp3) is 0.550. The van der Waals surface area contributed by atoms with Crippen molar-refractivity contribution in [2.24, 2.45) is 0 Å².